The predicted octanol–water partition coefficient (Wildman–Crippen LogP) is 0.878. The average molecular weight is 250 g/mol. The number of nitrogens with zero attached hydrogens (tertiary/aromatic N) is 3. The standard InChI is InChI=1S/C8H12ClN3O4/c9-3-5-12(10-16)8(15)11-4-1-2-6(11)7(13)14/h6H,1-5H2,(H,13,14)/t6-/m0/s1. The van der Waals surface area contributed by atoms with Crippen molar-refractivity contribution < 1.29 is 14.7 Å². The van der Waals surface area contributed by atoms with E-state index in [9.17, 15) is 14.5 Å². The Morgan fingerprint density at radius 2 is 2.25 bits per heavy atom. The van der Waals surface area contributed by atoms with Crippen molar-refractivity contribution in [2.45, 2.75) is 18.9 Å². The quantitative estimate of drug-likeness (QED) is 0.455. The second kappa shape index (κ2) is 5.64. The van der Waals surface area contributed by atoms with Crippen LogP contribution in [0.25, 0.3) is 0 Å². The summed E-state index contributed by atoms with van der Waals surface area (Å²) in [6.45, 7) is 0.302. The molecule has 1 aliphatic rings. The third-order valence-electron chi connectivity index (χ3n) is 2.40. The molecule has 1 heterocycles. The van der Waals surface area contributed by atoms with E-state index in [4.69, 9.17) is 16.7 Å². The first-order valence-electron chi connectivity index (χ1n) is 4.82. The van der Waals surface area contributed by atoms with E-state index < -0.39 is 18.0 Å². The Bertz CT molecular complexity index is 299. The van der Waals surface area contributed by atoms with Crippen LogP contribution >= 0.6 is 11.6 Å². The van der Waals surface area contributed by atoms with Gasteiger partial charge in [-0.15, -0.1) is 16.5 Å². The molecule has 1 fully saturated rings. The molecule has 1 N–H and O–H groups in total. The van der Waals surface area contributed by atoms with Crippen molar-refractivity contribution in [1.82, 2.24) is 9.91 Å². The van der Waals surface area contributed by atoms with Gasteiger partial charge >= 0.3 is 12.0 Å². The van der Waals surface area contributed by atoms with Crippen molar-refractivity contribution in [1.29, 1.82) is 0 Å². The fourth-order valence-corrected chi connectivity index (χ4v) is 1.81. The van der Waals surface area contributed by atoms with Gasteiger partial charge in [0.1, 0.15) is 6.04 Å². The number of carbonyl (C=O) groups excluding carboxylic acids is 1. The molecule has 90 valence electrons. The first-order chi connectivity index (χ1) is 7.61. The number of likely N-dealkylation sites (tertiary alicyclic amines) is 1. The molecule has 0 aromatic rings. The van der Waals surface area contributed by atoms with Gasteiger partial charge in [0, 0.05) is 12.4 Å². The molecule has 0 radical (unpaired) electrons. The van der Waals surface area contributed by atoms with Gasteiger partial charge in [-0.05, 0) is 12.8 Å². The van der Waals surface area contributed by atoms with Crippen LogP contribution < -0.4 is 0 Å². The summed E-state index contributed by atoms with van der Waals surface area (Å²) >= 11 is 5.40. The number of amides is 2. The van der Waals surface area contributed by atoms with Gasteiger partial charge in [-0.2, -0.15) is 5.01 Å². The number of hydrogen-bond acceptors (Lipinski definition) is 4. The van der Waals surface area contributed by atoms with E-state index in [-0.39, 0.29) is 12.4 Å². The van der Waals surface area contributed by atoms with E-state index in [1.165, 1.54) is 0 Å². The summed E-state index contributed by atoms with van der Waals surface area (Å²) in [4.78, 5) is 34.1. The molecule has 1 rings (SSSR count). The summed E-state index contributed by atoms with van der Waals surface area (Å²) in [6, 6.07) is -1.56. The molecule has 1 saturated heterocycles. The maximum Gasteiger partial charge on any atom is 0.343 e. The van der Waals surface area contributed by atoms with Crippen LogP contribution in [0.15, 0.2) is 5.29 Å². The lowest BCUT2D eigenvalue weighted by Crippen LogP contribution is -2.46. The van der Waals surface area contributed by atoms with Crippen LogP contribution in [0.1, 0.15) is 12.8 Å². The molecule has 0 aromatic carbocycles. The van der Waals surface area contributed by atoms with Crippen molar-refractivity contribution in [3.63, 3.8) is 0 Å². The Labute approximate surface area is 96.9 Å². The molecular weight excluding hydrogens is 238 g/mol. The lowest BCUT2D eigenvalue weighted by atomic mass is 10.2. The van der Waals surface area contributed by atoms with Crippen molar-refractivity contribution in [3.05, 3.63) is 4.91 Å². The van der Waals surface area contributed by atoms with Gasteiger partial charge in [0.05, 0.1) is 11.8 Å². The Kier molecular flexibility index (Phi) is 4.48. The predicted molar refractivity (Wildman–Crippen MR) is 56.0 cm³/mol. The van der Waals surface area contributed by atoms with Crippen LogP contribution in [0.3, 0.4) is 0 Å². The fraction of sp³-hybridized carbons (Fsp3) is 0.750. The number of nitroso groups, excluding NO2 is 1. The van der Waals surface area contributed by atoms with Gasteiger partial charge in [0.15, 0.2) is 0 Å². The zero-order valence-corrected chi connectivity index (χ0v) is 9.26. The molecule has 0 saturated carbocycles. The van der Waals surface area contributed by atoms with Crippen LogP contribution in [0, 0.1) is 4.91 Å². The van der Waals surface area contributed by atoms with Crippen molar-refractivity contribution >= 4 is 23.6 Å². The number of aliphatic carboxylic acids is 1. The molecule has 0 unspecified atom stereocenters. The lowest BCUT2D eigenvalue weighted by molar-refractivity contribution is -0.141. The summed E-state index contributed by atoms with van der Waals surface area (Å²) in [5, 5.41) is 12.0. The third-order valence-corrected chi connectivity index (χ3v) is 2.57. The molecule has 0 spiro atoms. The minimum atomic E-state index is -1.07. The molecule has 7 nitrogen and oxygen atoms in total. The van der Waals surface area contributed by atoms with Gasteiger partial charge < -0.3 is 10.0 Å². The van der Waals surface area contributed by atoms with Crippen molar-refractivity contribution in [3.8, 4) is 0 Å². The summed E-state index contributed by atoms with van der Waals surface area (Å²) in [7, 11) is 0. The number of carbonyl (C=O) groups is 2. The van der Waals surface area contributed by atoms with E-state index in [1.807, 2.05) is 0 Å². The first-order valence-corrected chi connectivity index (χ1v) is 5.35. The molecule has 16 heavy (non-hydrogen) atoms. The number of urea groups is 1. The maximum atomic E-state index is 11.7. The Morgan fingerprint density at radius 3 is 2.75 bits per heavy atom. The normalized spacial score (nSPS) is 19.6. The van der Waals surface area contributed by atoms with Crippen LogP contribution in [0.2, 0.25) is 0 Å². The van der Waals surface area contributed by atoms with Crippen LogP contribution in [0.5, 0.6) is 0 Å². The van der Waals surface area contributed by atoms with E-state index in [2.05, 4.69) is 5.29 Å². The molecule has 0 bridgehead atoms. The van der Waals surface area contributed by atoms with Crippen molar-refractivity contribution in [2.24, 2.45) is 5.29 Å². The largest absolute Gasteiger partial charge is 0.480 e. The Morgan fingerprint density at radius 1 is 1.56 bits per heavy atom. The highest BCUT2D eigenvalue weighted by molar-refractivity contribution is 6.18. The van der Waals surface area contributed by atoms with Gasteiger partial charge in [0.2, 0.25) is 0 Å². The van der Waals surface area contributed by atoms with Gasteiger partial charge in [-0.25, -0.2) is 9.59 Å². The minimum absolute atomic E-state index is 0.0211. The van der Waals surface area contributed by atoms with E-state index in [0.717, 1.165) is 4.90 Å². The lowest BCUT2D eigenvalue weighted by Gasteiger charge is -2.24. The topological polar surface area (TPSA) is 90.3 Å². The molecule has 2 amide bonds. The Hall–Kier alpha value is -1.37. The van der Waals surface area contributed by atoms with Crippen LogP contribution in [-0.4, -0.2) is 52.0 Å². The number of alkyl halides is 1. The zero-order chi connectivity index (χ0) is 12.1. The third kappa shape index (κ3) is 2.60. The first kappa shape index (κ1) is 12.7. The molecule has 1 atom stereocenters. The second-order valence-corrected chi connectivity index (χ2v) is 3.74. The summed E-state index contributed by atoms with van der Waals surface area (Å²) < 4.78 is 0. The monoisotopic (exact) mass is 249 g/mol. The van der Waals surface area contributed by atoms with E-state index in [0.29, 0.717) is 24.4 Å². The van der Waals surface area contributed by atoms with Gasteiger partial charge in [-0.1, -0.05) is 0 Å². The zero-order valence-electron chi connectivity index (χ0n) is 8.50. The highest BCUT2D eigenvalue weighted by atomic mass is 35.5. The van der Waals surface area contributed by atoms with Gasteiger partial charge in [-0.3, -0.25) is 0 Å². The highest BCUT2D eigenvalue weighted by Crippen LogP contribution is 2.19. The minimum Gasteiger partial charge on any atom is -0.480 e. The highest BCUT2D eigenvalue weighted by Gasteiger charge is 2.36. The maximum absolute atomic E-state index is 11.7. The number of halogens is 1. The van der Waals surface area contributed by atoms with E-state index in [1.54, 1.807) is 0 Å². The summed E-state index contributed by atoms with van der Waals surface area (Å²) in [5.74, 6) is -0.995. The number of carboxylic acid groups (broad SMARTS) is 1. The average Bonchev–Trinajstić information content (AvgIpc) is 2.73. The van der Waals surface area contributed by atoms with Crippen molar-refractivity contribution in [2.75, 3.05) is 19.0 Å². The molecule has 8 heteroatoms. The molecular formula is C8H12ClN3O4. The molecule has 0 aliphatic carbocycles. The second-order valence-electron chi connectivity index (χ2n) is 3.37. The Balaban J connectivity index is 2.71. The fourth-order valence-electron chi connectivity index (χ4n) is 1.65. The number of carboxylic acids is 1. The SMILES string of the molecule is O=NN(CCCl)C(=O)N1CCC[C@H]1C(=O)O. The molecule has 0 aromatic heterocycles. The van der Waals surface area contributed by atoms with Crippen LogP contribution in [-0.2, 0) is 4.79 Å². The summed E-state index contributed by atoms with van der Waals surface area (Å²) in [5.41, 5.74) is 0. The smallest absolute Gasteiger partial charge is 0.343 e. The van der Waals surface area contributed by atoms with E-state index >= 15 is 0 Å². The summed E-state index contributed by atoms with van der Waals surface area (Å²) in [6.07, 6.45) is 1.00. The number of hydrogen-bond donors (Lipinski definition) is 1. The number of rotatable bonds is 4. The van der Waals surface area contributed by atoms with Gasteiger partial charge in [0.25, 0.3) is 0 Å². The molecule has 1 aliphatic heterocycles. The van der Waals surface area contributed by atoms with Crippen LogP contribution in [0.4, 0.5) is 4.79 Å².